The highest BCUT2D eigenvalue weighted by molar-refractivity contribution is 5.67. The number of carbonyl (C=O) groups is 1. The van der Waals surface area contributed by atoms with E-state index in [1.807, 2.05) is 13.8 Å². The van der Waals surface area contributed by atoms with Crippen LogP contribution in [0, 0.1) is 5.92 Å². The number of hydrogen-bond acceptors (Lipinski definition) is 3. The Morgan fingerprint density at radius 2 is 2.27 bits per heavy atom. The third kappa shape index (κ3) is 3.47. The van der Waals surface area contributed by atoms with Crippen LogP contribution in [-0.2, 0) is 9.53 Å². The van der Waals surface area contributed by atoms with E-state index >= 15 is 0 Å². The topological polar surface area (TPSA) is 72.6 Å². The van der Waals surface area contributed by atoms with Crippen LogP contribution < -0.4 is 5.73 Å². The Labute approximate surface area is 90.8 Å². The molecule has 0 aromatic rings. The summed E-state index contributed by atoms with van der Waals surface area (Å²) < 4.78 is 5.70. The van der Waals surface area contributed by atoms with Crippen molar-refractivity contribution in [1.82, 2.24) is 0 Å². The van der Waals surface area contributed by atoms with Gasteiger partial charge >= 0.3 is 5.97 Å². The van der Waals surface area contributed by atoms with E-state index < -0.39 is 5.97 Å². The van der Waals surface area contributed by atoms with Crippen LogP contribution in [0.25, 0.3) is 0 Å². The second-order valence-corrected chi connectivity index (χ2v) is 4.40. The standard InChI is InChI=1S/C11H21NO3/c1-3-9(12)8(6-11(13)14)10-5-4-7(2)15-10/h7-10H,3-6,12H2,1-2H3,(H,13,14). The SMILES string of the molecule is CCC(N)C(CC(=O)O)C1CCC(C)O1. The van der Waals surface area contributed by atoms with Crippen LogP contribution in [0.3, 0.4) is 0 Å². The maximum absolute atomic E-state index is 10.8. The van der Waals surface area contributed by atoms with E-state index in [1.165, 1.54) is 0 Å². The van der Waals surface area contributed by atoms with Gasteiger partial charge in [-0.05, 0) is 26.2 Å². The first-order valence-corrected chi connectivity index (χ1v) is 5.67. The van der Waals surface area contributed by atoms with E-state index in [-0.39, 0.29) is 30.6 Å². The van der Waals surface area contributed by atoms with Crippen molar-refractivity contribution in [2.24, 2.45) is 11.7 Å². The van der Waals surface area contributed by atoms with Gasteiger partial charge in [0.05, 0.1) is 18.6 Å². The van der Waals surface area contributed by atoms with Gasteiger partial charge in [0.15, 0.2) is 0 Å². The van der Waals surface area contributed by atoms with E-state index in [9.17, 15) is 4.79 Å². The first kappa shape index (κ1) is 12.5. The molecule has 0 spiro atoms. The van der Waals surface area contributed by atoms with E-state index in [0.29, 0.717) is 0 Å². The number of carboxylic acid groups (broad SMARTS) is 1. The summed E-state index contributed by atoms with van der Waals surface area (Å²) in [6.07, 6.45) is 3.14. The molecule has 1 aliphatic heterocycles. The van der Waals surface area contributed by atoms with Crippen LogP contribution in [0.15, 0.2) is 0 Å². The van der Waals surface area contributed by atoms with Gasteiger partial charge in [0, 0.05) is 12.0 Å². The molecular formula is C11H21NO3. The molecule has 4 nitrogen and oxygen atoms in total. The highest BCUT2D eigenvalue weighted by Crippen LogP contribution is 2.29. The molecule has 3 N–H and O–H groups in total. The van der Waals surface area contributed by atoms with Gasteiger partial charge in [-0.1, -0.05) is 6.92 Å². The fraction of sp³-hybridized carbons (Fsp3) is 0.909. The van der Waals surface area contributed by atoms with E-state index in [2.05, 4.69) is 0 Å². The van der Waals surface area contributed by atoms with Crippen molar-refractivity contribution in [3.63, 3.8) is 0 Å². The van der Waals surface area contributed by atoms with Crippen molar-refractivity contribution in [2.75, 3.05) is 0 Å². The molecule has 0 aliphatic carbocycles. The lowest BCUT2D eigenvalue weighted by atomic mass is 9.88. The smallest absolute Gasteiger partial charge is 0.303 e. The maximum Gasteiger partial charge on any atom is 0.303 e. The van der Waals surface area contributed by atoms with Crippen LogP contribution in [0.2, 0.25) is 0 Å². The molecule has 4 atom stereocenters. The third-order valence-corrected chi connectivity index (χ3v) is 3.17. The lowest BCUT2D eigenvalue weighted by molar-refractivity contribution is -0.139. The van der Waals surface area contributed by atoms with Gasteiger partial charge in [-0.25, -0.2) is 0 Å². The zero-order chi connectivity index (χ0) is 11.4. The summed E-state index contributed by atoms with van der Waals surface area (Å²) in [4.78, 5) is 10.8. The molecule has 0 radical (unpaired) electrons. The quantitative estimate of drug-likeness (QED) is 0.726. The summed E-state index contributed by atoms with van der Waals surface area (Å²) in [5.41, 5.74) is 5.95. The van der Waals surface area contributed by atoms with Crippen LogP contribution in [-0.4, -0.2) is 29.3 Å². The summed E-state index contributed by atoms with van der Waals surface area (Å²) in [6, 6.07) is -0.0728. The van der Waals surface area contributed by atoms with E-state index in [0.717, 1.165) is 19.3 Å². The van der Waals surface area contributed by atoms with Crippen molar-refractivity contribution < 1.29 is 14.6 Å². The molecule has 1 fully saturated rings. The number of hydrogen-bond donors (Lipinski definition) is 2. The molecule has 1 rings (SSSR count). The zero-order valence-corrected chi connectivity index (χ0v) is 9.48. The fourth-order valence-corrected chi connectivity index (χ4v) is 2.21. The highest BCUT2D eigenvalue weighted by Gasteiger charge is 2.34. The van der Waals surface area contributed by atoms with Crippen LogP contribution in [0.4, 0.5) is 0 Å². The molecule has 0 aromatic heterocycles. The minimum Gasteiger partial charge on any atom is -0.481 e. The van der Waals surface area contributed by atoms with Crippen molar-refractivity contribution >= 4 is 5.97 Å². The van der Waals surface area contributed by atoms with Gasteiger partial charge in [-0.15, -0.1) is 0 Å². The Balaban J connectivity index is 2.59. The van der Waals surface area contributed by atoms with Crippen LogP contribution in [0.5, 0.6) is 0 Å². The summed E-state index contributed by atoms with van der Waals surface area (Å²) in [7, 11) is 0. The molecule has 0 amide bonds. The van der Waals surface area contributed by atoms with Gasteiger partial charge in [-0.2, -0.15) is 0 Å². The number of ether oxygens (including phenoxy) is 1. The Bertz CT molecular complexity index is 220. The summed E-state index contributed by atoms with van der Waals surface area (Å²) in [5, 5.41) is 8.84. The molecule has 1 aliphatic rings. The lowest BCUT2D eigenvalue weighted by Gasteiger charge is -2.27. The zero-order valence-electron chi connectivity index (χ0n) is 9.48. The average Bonchev–Trinajstić information content (AvgIpc) is 2.59. The molecule has 88 valence electrons. The first-order valence-electron chi connectivity index (χ1n) is 5.67. The highest BCUT2D eigenvalue weighted by atomic mass is 16.5. The van der Waals surface area contributed by atoms with Gasteiger partial charge in [-0.3, -0.25) is 4.79 Å². The van der Waals surface area contributed by atoms with Gasteiger partial charge in [0.1, 0.15) is 0 Å². The van der Waals surface area contributed by atoms with Crippen molar-refractivity contribution in [2.45, 2.75) is 57.8 Å². The minimum atomic E-state index is -0.785. The summed E-state index contributed by atoms with van der Waals surface area (Å²) in [5.74, 6) is -0.829. The molecule has 4 unspecified atom stereocenters. The second kappa shape index (κ2) is 5.47. The second-order valence-electron chi connectivity index (χ2n) is 4.40. The average molecular weight is 215 g/mol. The summed E-state index contributed by atoms with van der Waals surface area (Å²) in [6.45, 7) is 4.01. The van der Waals surface area contributed by atoms with Crippen LogP contribution >= 0.6 is 0 Å². The first-order chi connectivity index (χ1) is 7.04. The van der Waals surface area contributed by atoms with Crippen LogP contribution in [0.1, 0.15) is 39.5 Å². The third-order valence-electron chi connectivity index (χ3n) is 3.17. The molecule has 0 bridgehead atoms. The van der Waals surface area contributed by atoms with Gasteiger partial charge in [0.25, 0.3) is 0 Å². The van der Waals surface area contributed by atoms with Crippen molar-refractivity contribution in [3.05, 3.63) is 0 Å². The molecular weight excluding hydrogens is 194 g/mol. The minimum absolute atomic E-state index is 0.0334. The van der Waals surface area contributed by atoms with Gasteiger partial charge in [0.2, 0.25) is 0 Å². The summed E-state index contributed by atoms with van der Waals surface area (Å²) >= 11 is 0. The fourth-order valence-electron chi connectivity index (χ4n) is 2.21. The van der Waals surface area contributed by atoms with Crippen molar-refractivity contribution in [1.29, 1.82) is 0 Å². The molecule has 1 heterocycles. The van der Waals surface area contributed by atoms with Crippen molar-refractivity contribution in [3.8, 4) is 0 Å². The predicted octanol–water partition coefficient (Wildman–Crippen LogP) is 1.38. The van der Waals surface area contributed by atoms with Gasteiger partial charge < -0.3 is 15.6 Å². The Hall–Kier alpha value is -0.610. The molecule has 0 saturated carbocycles. The normalized spacial score (nSPS) is 30.1. The number of nitrogens with two attached hydrogens (primary N) is 1. The van der Waals surface area contributed by atoms with E-state index in [4.69, 9.17) is 15.6 Å². The van der Waals surface area contributed by atoms with E-state index in [1.54, 1.807) is 0 Å². The monoisotopic (exact) mass is 215 g/mol. The molecule has 1 saturated heterocycles. The Kier molecular flexibility index (Phi) is 4.54. The maximum atomic E-state index is 10.8. The Morgan fingerprint density at radius 1 is 1.60 bits per heavy atom. The largest absolute Gasteiger partial charge is 0.481 e. The number of carboxylic acids is 1. The number of aliphatic carboxylic acids is 1. The molecule has 0 aromatic carbocycles. The predicted molar refractivity (Wildman–Crippen MR) is 57.6 cm³/mol. The Morgan fingerprint density at radius 3 is 2.67 bits per heavy atom. The molecule has 4 heteroatoms. The number of rotatable bonds is 5. The lowest BCUT2D eigenvalue weighted by Crippen LogP contribution is -2.39. The molecule has 15 heavy (non-hydrogen) atoms.